The normalized spacial score (nSPS) is 11.2. The zero-order chi connectivity index (χ0) is 25.5. The Morgan fingerprint density at radius 2 is 1.54 bits per heavy atom. The van der Waals surface area contributed by atoms with Crippen molar-refractivity contribution in [3.8, 4) is 16.9 Å². The van der Waals surface area contributed by atoms with Crippen molar-refractivity contribution in [2.75, 3.05) is 5.32 Å². The molecule has 0 unspecified atom stereocenters. The molecule has 0 spiro atoms. The number of hydrogen-bond donors (Lipinski definition) is 1. The number of nitrogens with one attached hydrogen (secondary N) is 1. The maximum Gasteiger partial charge on any atom is 0.265 e. The summed E-state index contributed by atoms with van der Waals surface area (Å²) < 4.78 is 3.46. The van der Waals surface area contributed by atoms with Crippen LogP contribution in [-0.2, 0) is 0 Å². The molecule has 1 amide bonds. The molecule has 0 fully saturated rings. The molecule has 180 valence electrons. The van der Waals surface area contributed by atoms with Crippen molar-refractivity contribution in [3.05, 3.63) is 124 Å². The number of fused-ring (bicyclic) bond motifs is 2. The summed E-state index contributed by atoms with van der Waals surface area (Å²) in [5.74, 6) is 0.909. The van der Waals surface area contributed by atoms with E-state index in [4.69, 9.17) is 4.98 Å². The Morgan fingerprint density at radius 1 is 0.811 bits per heavy atom. The molecule has 0 aliphatic carbocycles. The Hall–Kier alpha value is -5.04. The number of hydrogen-bond acceptors (Lipinski definition) is 4. The zero-order valence-electron chi connectivity index (χ0n) is 20.3. The number of rotatable bonds is 4. The summed E-state index contributed by atoms with van der Waals surface area (Å²) in [6.07, 6.45) is 1.89. The highest BCUT2D eigenvalue weighted by molar-refractivity contribution is 6.06. The van der Waals surface area contributed by atoms with E-state index in [0.29, 0.717) is 39.5 Å². The molecule has 3 heterocycles. The smallest absolute Gasteiger partial charge is 0.265 e. The average molecular weight is 486 g/mol. The fraction of sp³-hybridized carbons (Fsp3) is 0.0667. The van der Waals surface area contributed by atoms with Gasteiger partial charge in [-0.2, -0.15) is 0 Å². The summed E-state index contributed by atoms with van der Waals surface area (Å²) in [4.78, 5) is 35.9. The largest absolute Gasteiger partial charge is 0.306 e. The third-order valence-electron chi connectivity index (χ3n) is 6.46. The maximum absolute atomic E-state index is 13.3. The number of pyridine rings is 1. The zero-order valence-corrected chi connectivity index (χ0v) is 20.3. The second-order valence-electron chi connectivity index (χ2n) is 8.88. The number of para-hydroxylation sites is 1. The number of nitrogens with zero attached hydrogens (tertiary/aromatic N) is 4. The predicted molar refractivity (Wildman–Crippen MR) is 145 cm³/mol. The van der Waals surface area contributed by atoms with Crippen LogP contribution < -0.4 is 10.9 Å². The Morgan fingerprint density at radius 3 is 2.32 bits per heavy atom. The molecule has 0 saturated carbocycles. The van der Waals surface area contributed by atoms with Crippen LogP contribution >= 0.6 is 0 Å². The number of carbonyl (C=O) groups excluding carboxylic acids is 1. The maximum atomic E-state index is 13.3. The van der Waals surface area contributed by atoms with Crippen LogP contribution in [0.2, 0.25) is 0 Å². The third kappa shape index (κ3) is 3.87. The fourth-order valence-electron chi connectivity index (χ4n) is 4.61. The monoisotopic (exact) mass is 485 g/mol. The van der Waals surface area contributed by atoms with Gasteiger partial charge in [-0.05, 0) is 61.9 Å². The summed E-state index contributed by atoms with van der Waals surface area (Å²) in [7, 11) is 0. The van der Waals surface area contributed by atoms with Crippen LogP contribution in [-0.4, -0.2) is 24.8 Å². The van der Waals surface area contributed by atoms with Crippen LogP contribution in [0.25, 0.3) is 33.5 Å². The lowest BCUT2D eigenvalue weighted by molar-refractivity contribution is 0.102. The van der Waals surface area contributed by atoms with Crippen molar-refractivity contribution < 1.29 is 4.79 Å². The van der Waals surface area contributed by atoms with E-state index in [-0.39, 0.29) is 11.5 Å². The summed E-state index contributed by atoms with van der Waals surface area (Å²) in [5.41, 5.74) is 5.03. The minimum atomic E-state index is -0.271. The summed E-state index contributed by atoms with van der Waals surface area (Å²) in [6, 6.07) is 27.9. The third-order valence-corrected chi connectivity index (χ3v) is 6.46. The van der Waals surface area contributed by atoms with Crippen LogP contribution in [0.1, 0.15) is 21.7 Å². The molecule has 0 aliphatic heterocycles. The van der Waals surface area contributed by atoms with Gasteiger partial charge in [-0.1, -0.05) is 48.5 Å². The summed E-state index contributed by atoms with van der Waals surface area (Å²) >= 11 is 0. The number of imidazole rings is 1. The van der Waals surface area contributed by atoms with Crippen molar-refractivity contribution in [2.24, 2.45) is 0 Å². The van der Waals surface area contributed by atoms with Crippen LogP contribution in [0, 0.1) is 13.8 Å². The summed E-state index contributed by atoms with van der Waals surface area (Å²) in [5, 5.41) is 3.61. The number of aryl methyl sites for hydroxylation is 2. The predicted octanol–water partition coefficient (Wildman–Crippen LogP) is 5.57. The molecular weight excluding hydrogens is 462 g/mol. The van der Waals surface area contributed by atoms with Gasteiger partial charge in [-0.25, -0.2) is 9.97 Å². The Bertz CT molecular complexity index is 1850. The van der Waals surface area contributed by atoms with Gasteiger partial charge in [0.25, 0.3) is 11.5 Å². The number of carbonyl (C=O) groups is 1. The van der Waals surface area contributed by atoms with Crippen LogP contribution in [0.5, 0.6) is 0 Å². The molecule has 0 atom stereocenters. The van der Waals surface area contributed by atoms with E-state index in [0.717, 1.165) is 16.8 Å². The molecule has 3 aromatic heterocycles. The molecular formula is C30H23N5O2. The average Bonchev–Trinajstić information content (AvgIpc) is 3.29. The minimum Gasteiger partial charge on any atom is -0.306 e. The molecule has 0 radical (unpaired) electrons. The van der Waals surface area contributed by atoms with Crippen LogP contribution in [0.3, 0.4) is 0 Å². The quantitative estimate of drug-likeness (QED) is 0.354. The number of benzene rings is 3. The first kappa shape index (κ1) is 22.4. The van der Waals surface area contributed by atoms with E-state index in [9.17, 15) is 9.59 Å². The molecule has 0 saturated heterocycles. The van der Waals surface area contributed by atoms with E-state index in [1.807, 2.05) is 78.2 Å². The number of amides is 1. The first-order valence-corrected chi connectivity index (χ1v) is 11.9. The van der Waals surface area contributed by atoms with Crippen molar-refractivity contribution in [3.63, 3.8) is 0 Å². The highest BCUT2D eigenvalue weighted by atomic mass is 16.1. The molecule has 7 nitrogen and oxygen atoms in total. The number of aromatic nitrogens is 4. The van der Waals surface area contributed by atoms with Crippen LogP contribution in [0.4, 0.5) is 5.82 Å². The molecule has 6 rings (SSSR count). The van der Waals surface area contributed by atoms with E-state index >= 15 is 0 Å². The molecule has 6 aromatic rings. The molecule has 3 aromatic carbocycles. The lowest BCUT2D eigenvalue weighted by Gasteiger charge is -2.12. The van der Waals surface area contributed by atoms with Gasteiger partial charge in [-0.3, -0.25) is 18.6 Å². The van der Waals surface area contributed by atoms with Crippen molar-refractivity contribution >= 4 is 28.3 Å². The minimum absolute atomic E-state index is 0.145. The molecule has 7 heteroatoms. The highest BCUT2D eigenvalue weighted by Crippen LogP contribution is 2.30. The van der Waals surface area contributed by atoms with Crippen molar-refractivity contribution in [1.29, 1.82) is 0 Å². The second-order valence-corrected chi connectivity index (χ2v) is 8.88. The number of anilines is 1. The summed E-state index contributed by atoms with van der Waals surface area (Å²) in [6.45, 7) is 3.79. The second kappa shape index (κ2) is 8.87. The van der Waals surface area contributed by atoms with E-state index in [1.54, 1.807) is 41.8 Å². The van der Waals surface area contributed by atoms with E-state index in [2.05, 4.69) is 10.3 Å². The Labute approximate surface area is 212 Å². The topological polar surface area (TPSA) is 81.3 Å². The fourth-order valence-corrected chi connectivity index (χ4v) is 4.61. The van der Waals surface area contributed by atoms with Gasteiger partial charge in [0.05, 0.1) is 16.6 Å². The molecule has 37 heavy (non-hydrogen) atoms. The Balaban J connectivity index is 1.37. The molecule has 0 aliphatic rings. The Kier molecular flexibility index (Phi) is 5.38. The van der Waals surface area contributed by atoms with Gasteiger partial charge in [0.1, 0.15) is 23.0 Å². The van der Waals surface area contributed by atoms with E-state index in [1.165, 1.54) is 0 Å². The first-order valence-electron chi connectivity index (χ1n) is 11.9. The highest BCUT2D eigenvalue weighted by Gasteiger charge is 2.18. The van der Waals surface area contributed by atoms with Crippen LogP contribution in [0.15, 0.2) is 102 Å². The van der Waals surface area contributed by atoms with Gasteiger partial charge in [0.2, 0.25) is 0 Å². The molecule has 1 N–H and O–H groups in total. The standard InChI is InChI=1S/C30H23N5O2/c1-19-9-8-18-34-27(19)32-26(21-10-4-3-5-11-21)28(34)33-29(36)22-14-16-23(17-15-22)35-20(2)31-25-13-7-6-12-24(25)30(35)37/h3-18H,1-2H3,(H,33,36). The van der Waals surface area contributed by atoms with Crippen molar-refractivity contribution in [1.82, 2.24) is 18.9 Å². The van der Waals surface area contributed by atoms with Gasteiger partial charge in [0.15, 0.2) is 0 Å². The lowest BCUT2D eigenvalue weighted by atomic mass is 10.1. The van der Waals surface area contributed by atoms with Gasteiger partial charge >= 0.3 is 0 Å². The lowest BCUT2D eigenvalue weighted by Crippen LogP contribution is -2.22. The van der Waals surface area contributed by atoms with Crippen molar-refractivity contribution in [2.45, 2.75) is 13.8 Å². The van der Waals surface area contributed by atoms with Gasteiger partial charge in [0, 0.05) is 17.3 Å². The molecule has 0 bridgehead atoms. The first-order chi connectivity index (χ1) is 18.0. The van der Waals surface area contributed by atoms with Gasteiger partial charge in [-0.15, -0.1) is 0 Å². The van der Waals surface area contributed by atoms with Gasteiger partial charge < -0.3 is 5.32 Å². The SMILES string of the molecule is Cc1cccn2c(NC(=O)c3ccc(-n4c(C)nc5ccccc5c4=O)cc3)c(-c3ccccc3)nc12. The van der Waals surface area contributed by atoms with E-state index < -0.39 is 0 Å².